The lowest BCUT2D eigenvalue weighted by molar-refractivity contribution is -0.192. The van der Waals surface area contributed by atoms with Crippen molar-refractivity contribution in [3.05, 3.63) is 71.8 Å². The summed E-state index contributed by atoms with van der Waals surface area (Å²) < 4.78 is 42.5. The largest absolute Gasteiger partial charge is 0.490 e. The minimum atomic E-state index is -5.08. The van der Waals surface area contributed by atoms with Crippen LogP contribution in [-0.2, 0) is 55.9 Å². The maximum absolute atomic E-state index is 13.7. The molecule has 0 heterocycles. The van der Waals surface area contributed by atoms with Crippen molar-refractivity contribution in [2.45, 2.75) is 83.8 Å². The van der Waals surface area contributed by atoms with E-state index in [9.17, 15) is 47.0 Å². The number of alkyl halides is 3. The third-order valence-corrected chi connectivity index (χ3v) is 8.69. The number of hydrogen-bond donors (Lipinski definition) is 4. The number of hydrogen-bond acceptors (Lipinski definition) is 10. The van der Waals surface area contributed by atoms with Gasteiger partial charge in [-0.2, -0.15) is 13.2 Å². The molecule has 0 aromatic heterocycles. The van der Waals surface area contributed by atoms with Gasteiger partial charge in [0, 0.05) is 26.9 Å². The van der Waals surface area contributed by atoms with Gasteiger partial charge >= 0.3 is 30.1 Å². The summed E-state index contributed by atoms with van der Waals surface area (Å²) >= 11 is 0. The number of amides is 3. The Morgan fingerprint density at radius 1 is 0.714 bits per heavy atom. The number of nitrogens with zero attached hydrogens (tertiary/aromatic N) is 2. The first-order chi connectivity index (χ1) is 26.1. The lowest BCUT2D eigenvalue weighted by atomic mass is 9.97. The lowest BCUT2D eigenvalue weighted by Crippen LogP contribution is -2.55. The van der Waals surface area contributed by atoms with Crippen LogP contribution < -0.4 is 11.1 Å². The number of esters is 2. The van der Waals surface area contributed by atoms with Gasteiger partial charge in [-0.1, -0.05) is 101 Å². The highest BCUT2D eigenvalue weighted by molar-refractivity contribution is 5.92. The SMILES string of the molecule is CC[C@H](C)[C@H](N)C(=O)N(C)CC(=O)O[C@H](Cc1ccccc1)C(=O)N[C@H](C(=O)N(C)CC(=O)O[C@H](Cc1ccccc1)C(=O)O)[C@@H](C)CC.O=C(O)C(F)(F)F. The summed E-state index contributed by atoms with van der Waals surface area (Å²) in [4.78, 5) is 88.7. The predicted octanol–water partition coefficient (Wildman–Crippen LogP) is 2.83. The molecule has 0 aliphatic rings. The fourth-order valence-corrected chi connectivity index (χ4v) is 4.88. The van der Waals surface area contributed by atoms with Crippen molar-refractivity contribution in [1.82, 2.24) is 15.1 Å². The van der Waals surface area contributed by atoms with E-state index in [2.05, 4.69) is 5.32 Å². The molecule has 2 rings (SSSR count). The number of carboxylic acid groups (broad SMARTS) is 2. The molecule has 310 valence electrons. The maximum Gasteiger partial charge on any atom is 0.490 e. The molecule has 0 spiro atoms. The van der Waals surface area contributed by atoms with E-state index >= 15 is 0 Å². The van der Waals surface area contributed by atoms with E-state index in [1.54, 1.807) is 67.6 Å². The average Bonchev–Trinajstić information content (AvgIpc) is 3.15. The first-order valence-corrected chi connectivity index (χ1v) is 17.7. The van der Waals surface area contributed by atoms with E-state index in [4.69, 9.17) is 25.1 Å². The van der Waals surface area contributed by atoms with Crippen LogP contribution in [0, 0.1) is 11.8 Å². The molecule has 0 saturated heterocycles. The Kier molecular flexibility index (Phi) is 20.3. The van der Waals surface area contributed by atoms with Crippen LogP contribution in [0.25, 0.3) is 0 Å². The van der Waals surface area contributed by atoms with Crippen molar-refractivity contribution in [2.75, 3.05) is 27.2 Å². The number of carboxylic acids is 2. The number of nitrogens with two attached hydrogens (primary N) is 1. The summed E-state index contributed by atoms with van der Waals surface area (Å²) in [6.45, 7) is 6.30. The number of carbonyl (C=O) groups excluding carboxylic acids is 5. The minimum absolute atomic E-state index is 0.00989. The molecule has 0 fully saturated rings. The Morgan fingerprint density at radius 3 is 1.50 bits per heavy atom. The van der Waals surface area contributed by atoms with E-state index in [1.165, 1.54) is 14.1 Å². The molecule has 0 aliphatic heterocycles. The molecular formula is C38H51F3N4O11. The molecule has 0 bridgehead atoms. The Hall–Kier alpha value is -5.52. The summed E-state index contributed by atoms with van der Waals surface area (Å²) in [5.41, 5.74) is 7.39. The van der Waals surface area contributed by atoms with Gasteiger partial charge in [0.05, 0.1) is 6.04 Å². The third-order valence-electron chi connectivity index (χ3n) is 8.69. The predicted molar refractivity (Wildman–Crippen MR) is 195 cm³/mol. The maximum atomic E-state index is 13.7. The van der Waals surface area contributed by atoms with E-state index in [-0.39, 0.29) is 18.8 Å². The fraction of sp³-hybridized carbons (Fsp3) is 0.500. The normalized spacial score (nSPS) is 14.2. The van der Waals surface area contributed by atoms with Gasteiger partial charge in [0.25, 0.3) is 5.91 Å². The average molecular weight is 797 g/mol. The van der Waals surface area contributed by atoms with Crippen molar-refractivity contribution in [1.29, 1.82) is 0 Å². The van der Waals surface area contributed by atoms with E-state index in [1.807, 2.05) is 20.8 Å². The number of rotatable bonds is 19. The number of benzene rings is 2. The van der Waals surface area contributed by atoms with Gasteiger partial charge in [-0.15, -0.1) is 0 Å². The van der Waals surface area contributed by atoms with Crippen LogP contribution >= 0.6 is 0 Å². The molecule has 15 nitrogen and oxygen atoms in total. The van der Waals surface area contributed by atoms with Crippen LogP contribution in [0.5, 0.6) is 0 Å². The smallest absolute Gasteiger partial charge is 0.478 e. The van der Waals surface area contributed by atoms with Crippen LogP contribution in [-0.4, -0.2) is 119 Å². The second-order valence-electron chi connectivity index (χ2n) is 13.1. The molecule has 2 aromatic rings. The highest BCUT2D eigenvalue weighted by atomic mass is 19.4. The van der Waals surface area contributed by atoms with Gasteiger partial charge in [-0.05, 0) is 23.0 Å². The lowest BCUT2D eigenvalue weighted by Gasteiger charge is -2.30. The second kappa shape index (κ2) is 23.4. The summed E-state index contributed by atoms with van der Waals surface area (Å²) in [6.07, 6.45) is -6.82. The Morgan fingerprint density at radius 2 is 1.11 bits per heavy atom. The molecule has 0 saturated carbocycles. The van der Waals surface area contributed by atoms with Crippen molar-refractivity contribution < 1.29 is 66.4 Å². The second-order valence-corrected chi connectivity index (χ2v) is 13.1. The van der Waals surface area contributed by atoms with Gasteiger partial charge in [-0.3, -0.25) is 24.0 Å². The number of halogens is 3. The van der Waals surface area contributed by atoms with Crippen LogP contribution in [0.15, 0.2) is 60.7 Å². The number of nitrogens with one attached hydrogen (secondary N) is 1. The Bertz CT molecular complexity index is 1610. The molecule has 56 heavy (non-hydrogen) atoms. The molecule has 2 aromatic carbocycles. The number of aliphatic carboxylic acids is 2. The molecule has 0 aliphatic carbocycles. The number of likely N-dealkylation sites (N-methyl/N-ethyl adjacent to an activating group) is 2. The summed E-state index contributed by atoms with van der Waals surface area (Å²) in [6, 6.07) is 15.6. The number of ether oxygens (including phenoxy) is 2. The first-order valence-electron chi connectivity index (χ1n) is 17.7. The highest BCUT2D eigenvalue weighted by Crippen LogP contribution is 2.15. The standard InChI is InChI=1S/C36H50N4O9.C2HF3O2/c1-7-23(3)31(37)34(44)39(5)21-29(41)48-27(19-25-15-11-9-12-16-25)33(43)38-32(24(4)8-2)35(45)40(6)22-30(42)49-28(36(46)47)20-26-17-13-10-14-18-26;3-2(4,5)1(6)7/h9-18,23-24,27-28,31-32H,7-8,19-22,37H2,1-6H3,(H,38,43)(H,46,47);(H,6,7)/t23-,24-,27+,28+,31-,32-;/m0./s1. The molecular weight excluding hydrogens is 745 g/mol. The fourth-order valence-electron chi connectivity index (χ4n) is 4.88. The molecule has 0 radical (unpaired) electrons. The van der Waals surface area contributed by atoms with E-state index in [0.29, 0.717) is 24.0 Å². The molecule has 3 amide bonds. The number of carbonyl (C=O) groups is 7. The monoisotopic (exact) mass is 796 g/mol. The van der Waals surface area contributed by atoms with Gasteiger partial charge < -0.3 is 40.5 Å². The molecule has 6 atom stereocenters. The summed E-state index contributed by atoms with van der Waals surface area (Å²) in [5, 5.41) is 19.4. The van der Waals surface area contributed by atoms with Gasteiger partial charge in [-0.25, -0.2) is 9.59 Å². The summed E-state index contributed by atoms with van der Waals surface area (Å²) in [7, 11) is 2.77. The van der Waals surface area contributed by atoms with Crippen molar-refractivity contribution in [2.24, 2.45) is 17.6 Å². The molecule has 5 N–H and O–H groups in total. The zero-order chi connectivity index (χ0) is 42.7. The van der Waals surface area contributed by atoms with E-state index < -0.39 is 91.1 Å². The highest BCUT2D eigenvalue weighted by Gasteiger charge is 2.38. The van der Waals surface area contributed by atoms with Crippen molar-refractivity contribution in [3.63, 3.8) is 0 Å². The Labute approximate surface area is 323 Å². The summed E-state index contributed by atoms with van der Waals surface area (Å²) in [5.74, 6) is -8.17. The molecule has 18 heteroatoms. The van der Waals surface area contributed by atoms with E-state index in [0.717, 1.165) is 9.80 Å². The third kappa shape index (κ3) is 16.9. The quantitative estimate of drug-likeness (QED) is 0.151. The van der Waals surface area contributed by atoms with Crippen LogP contribution in [0.1, 0.15) is 51.7 Å². The zero-order valence-electron chi connectivity index (χ0n) is 32.2. The van der Waals surface area contributed by atoms with Crippen molar-refractivity contribution in [3.8, 4) is 0 Å². The topological polar surface area (TPSA) is 223 Å². The zero-order valence-corrected chi connectivity index (χ0v) is 32.2. The van der Waals surface area contributed by atoms with Gasteiger partial charge in [0.1, 0.15) is 19.1 Å². The Balaban J connectivity index is 0.00000203. The minimum Gasteiger partial charge on any atom is -0.478 e. The molecule has 0 unspecified atom stereocenters. The first kappa shape index (κ1) is 48.5. The van der Waals surface area contributed by atoms with Crippen molar-refractivity contribution >= 4 is 41.6 Å². The van der Waals surface area contributed by atoms with Crippen LogP contribution in [0.4, 0.5) is 13.2 Å². The van der Waals surface area contributed by atoms with Gasteiger partial charge in [0.15, 0.2) is 6.10 Å². The van der Waals surface area contributed by atoms with Gasteiger partial charge in [0.2, 0.25) is 17.9 Å². The van der Waals surface area contributed by atoms with Crippen LogP contribution in [0.2, 0.25) is 0 Å². The van der Waals surface area contributed by atoms with Crippen LogP contribution in [0.3, 0.4) is 0 Å².